The quantitative estimate of drug-likeness (QED) is 0.843. The second-order valence-electron chi connectivity index (χ2n) is 3.63. The molecule has 2 rings (SSSR count). The van der Waals surface area contributed by atoms with Crippen LogP contribution in [0.2, 0.25) is 0 Å². The standard InChI is InChI=1S/C11H14IN/c1-13-11(8-6-7-8)9-4-2-3-5-10(9)12/h2-5,8,11,13H,6-7H2,1H3. The van der Waals surface area contributed by atoms with Crippen LogP contribution in [0, 0.1) is 9.49 Å². The van der Waals surface area contributed by atoms with E-state index in [0.717, 1.165) is 5.92 Å². The second-order valence-corrected chi connectivity index (χ2v) is 4.79. The van der Waals surface area contributed by atoms with Crippen LogP contribution in [0.3, 0.4) is 0 Å². The van der Waals surface area contributed by atoms with Crippen LogP contribution in [-0.2, 0) is 0 Å². The van der Waals surface area contributed by atoms with Gasteiger partial charge in [0.1, 0.15) is 0 Å². The minimum atomic E-state index is 0.577. The van der Waals surface area contributed by atoms with Gasteiger partial charge in [0.2, 0.25) is 0 Å². The smallest absolute Gasteiger partial charge is 0.0356 e. The van der Waals surface area contributed by atoms with Crippen molar-refractivity contribution in [1.82, 2.24) is 5.32 Å². The van der Waals surface area contributed by atoms with Gasteiger partial charge in [-0.05, 0) is 60.0 Å². The Morgan fingerprint density at radius 1 is 1.38 bits per heavy atom. The largest absolute Gasteiger partial charge is 0.313 e. The fourth-order valence-electron chi connectivity index (χ4n) is 1.80. The average molecular weight is 287 g/mol. The monoisotopic (exact) mass is 287 g/mol. The molecule has 0 heterocycles. The fraction of sp³-hybridized carbons (Fsp3) is 0.455. The predicted molar refractivity (Wildman–Crippen MR) is 63.7 cm³/mol. The lowest BCUT2D eigenvalue weighted by atomic mass is 10.0. The molecule has 0 spiro atoms. The molecule has 0 saturated heterocycles. The molecular weight excluding hydrogens is 273 g/mol. The highest BCUT2D eigenvalue weighted by Gasteiger charge is 2.31. The van der Waals surface area contributed by atoms with Gasteiger partial charge in [-0.1, -0.05) is 18.2 Å². The first kappa shape index (κ1) is 9.46. The Bertz CT molecular complexity index is 294. The third-order valence-electron chi connectivity index (χ3n) is 2.64. The van der Waals surface area contributed by atoms with Gasteiger partial charge in [-0.3, -0.25) is 0 Å². The normalized spacial score (nSPS) is 18.6. The third kappa shape index (κ3) is 2.05. The first-order chi connectivity index (χ1) is 6.33. The van der Waals surface area contributed by atoms with Crippen LogP contribution < -0.4 is 5.32 Å². The number of halogens is 1. The van der Waals surface area contributed by atoms with Crippen molar-refractivity contribution in [1.29, 1.82) is 0 Å². The van der Waals surface area contributed by atoms with Crippen molar-refractivity contribution < 1.29 is 0 Å². The zero-order chi connectivity index (χ0) is 9.26. The number of hydrogen-bond donors (Lipinski definition) is 1. The molecule has 1 aliphatic carbocycles. The van der Waals surface area contributed by atoms with E-state index in [1.54, 1.807) is 0 Å². The number of hydrogen-bond acceptors (Lipinski definition) is 1. The number of nitrogens with one attached hydrogen (secondary N) is 1. The molecule has 1 unspecified atom stereocenters. The van der Waals surface area contributed by atoms with Crippen LogP contribution in [0.25, 0.3) is 0 Å². The lowest BCUT2D eigenvalue weighted by molar-refractivity contribution is 0.526. The Morgan fingerprint density at radius 2 is 2.08 bits per heavy atom. The lowest BCUT2D eigenvalue weighted by Gasteiger charge is -2.17. The summed E-state index contributed by atoms with van der Waals surface area (Å²) in [4.78, 5) is 0. The van der Waals surface area contributed by atoms with E-state index in [1.807, 2.05) is 0 Å². The van der Waals surface area contributed by atoms with Gasteiger partial charge in [-0.2, -0.15) is 0 Å². The molecule has 1 aromatic carbocycles. The van der Waals surface area contributed by atoms with Crippen molar-refractivity contribution >= 4 is 22.6 Å². The summed E-state index contributed by atoms with van der Waals surface area (Å²) in [5, 5.41) is 3.42. The predicted octanol–water partition coefficient (Wildman–Crippen LogP) is 2.96. The number of benzene rings is 1. The van der Waals surface area contributed by atoms with E-state index >= 15 is 0 Å². The SMILES string of the molecule is CNC(c1ccccc1I)C1CC1. The van der Waals surface area contributed by atoms with E-state index in [1.165, 1.54) is 22.0 Å². The van der Waals surface area contributed by atoms with Gasteiger partial charge in [0.25, 0.3) is 0 Å². The average Bonchev–Trinajstić information content (AvgIpc) is 2.93. The molecule has 1 saturated carbocycles. The van der Waals surface area contributed by atoms with Crippen LogP contribution in [-0.4, -0.2) is 7.05 Å². The third-order valence-corrected chi connectivity index (χ3v) is 3.63. The van der Waals surface area contributed by atoms with Crippen LogP contribution in [0.4, 0.5) is 0 Å². The van der Waals surface area contributed by atoms with Crippen molar-refractivity contribution in [2.75, 3.05) is 7.05 Å². The molecular formula is C11H14IN. The highest BCUT2D eigenvalue weighted by molar-refractivity contribution is 14.1. The van der Waals surface area contributed by atoms with Gasteiger partial charge in [0, 0.05) is 9.61 Å². The summed E-state index contributed by atoms with van der Waals surface area (Å²) in [6.07, 6.45) is 2.77. The lowest BCUT2D eigenvalue weighted by Crippen LogP contribution is -2.19. The van der Waals surface area contributed by atoms with Gasteiger partial charge < -0.3 is 5.32 Å². The molecule has 70 valence electrons. The zero-order valence-corrected chi connectivity index (χ0v) is 9.91. The minimum absolute atomic E-state index is 0.577. The molecule has 0 radical (unpaired) electrons. The number of rotatable bonds is 3. The Balaban J connectivity index is 2.26. The van der Waals surface area contributed by atoms with E-state index in [9.17, 15) is 0 Å². The Hall–Kier alpha value is -0.0900. The van der Waals surface area contributed by atoms with Gasteiger partial charge in [-0.25, -0.2) is 0 Å². The van der Waals surface area contributed by atoms with Crippen LogP contribution >= 0.6 is 22.6 Å². The molecule has 13 heavy (non-hydrogen) atoms. The summed E-state index contributed by atoms with van der Waals surface area (Å²) in [6.45, 7) is 0. The summed E-state index contributed by atoms with van der Waals surface area (Å²) in [7, 11) is 2.06. The molecule has 1 nitrogen and oxygen atoms in total. The highest BCUT2D eigenvalue weighted by atomic mass is 127. The van der Waals surface area contributed by atoms with Gasteiger partial charge in [0.05, 0.1) is 0 Å². The van der Waals surface area contributed by atoms with Crippen molar-refractivity contribution in [2.24, 2.45) is 5.92 Å². The molecule has 1 fully saturated rings. The zero-order valence-electron chi connectivity index (χ0n) is 7.76. The Kier molecular flexibility index (Phi) is 2.89. The maximum atomic E-state index is 3.42. The summed E-state index contributed by atoms with van der Waals surface area (Å²) >= 11 is 2.42. The maximum absolute atomic E-state index is 3.42. The molecule has 0 amide bonds. The summed E-state index contributed by atoms with van der Waals surface area (Å²) in [6, 6.07) is 9.23. The van der Waals surface area contributed by atoms with Gasteiger partial charge >= 0.3 is 0 Å². The topological polar surface area (TPSA) is 12.0 Å². The summed E-state index contributed by atoms with van der Waals surface area (Å²) in [5.74, 6) is 0.876. The second kappa shape index (κ2) is 3.96. The molecule has 0 aromatic heterocycles. The van der Waals surface area contributed by atoms with Crippen LogP contribution in [0.1, 0.15) is 24.4 Å². The van der Waals surface area contributed by atoms with Gasteiger partial charge in [0.15, 0.2) is 0 Å². The minimum Gasteiger partial charge on any atom is -0.313 e. The van der Waals surface area contributed by atoms with E-state index in [-0.39, 0.29) is 0 Å². The Morgan fingerprint density at radius 3 is 2.62 bits per heavy atom. The van der Waals surface area contributed by atoms with Crippen LogP contribution in [0.5, 0.6) is 0 Å². The summed E-state index contributed by atoms with van der Waals surface area (Å²) < 4.78 is 1.38. The van der Waals surface area contributed by atoms with Crippen molar-refractivity contribution in [3.8, 4) is 0 Å². The fourth-order valence-corrected chi connectivity index (χ4v) is 2.52. The first-order valence-corrected chi connectivity index (χ1v) is 5.82. The van der Waals surface area contributed by atoms with E-state index in [2.05, 4.69) is 59.2 Å². The van der Waals surface area contributed by atoms with Gasteiger partial charge in [-0.15, -0.1) is 0 Å². The van der Waals surface area contributed by atoms with E-state index in [0.29, 0.717) is 6.04 Å². The maximum Gasteiger partial charge on any atom is 0.0356 e. The highest BCUT2D eigenvalue weighted by Crippen LogP contribution is 2.41. The molecule has 1 aliphatic rings. The van der Waals surface area contributed by atoms with Crippen molar-refractivity contribution in [3.05, 3.63) is 33.4 Å². The molecule has 1 aromatic rings. The first-order valence-electron chi connectivity index (χ1n) is 4.74. The summed E-state index contributed by atoms with van der Waals surface area (Å²) in [5.41, 5.74) is 1.47. The molecule has 1 atom stereocenters. The Labute approximate surface area is 93.1 Å². The molecule has 1 N–H and O–H groups in total. The van der Waals surface area contributed by atoms with E-state index < -0.39 is 0 Å². The van der Waals surface area contributed by atoms with Crippen LogP contribution in [0.15, 0.2) is 24.3 Å². The van der Waals surface area contributed by atoms with Crippen molar-refractivity contribution in [3.63, 3.8) is 0 Å². The van der Waals surface area contributed by atoms with Crippen molar-refractivity contribution in [2.45, 2.75) is 18.9 Å². The molecule has 0 bridgehead atoms. The van der Waals surface area contributed by atoms with E-state index in [4.69, 9.17) is 0 Å². The molecule has 0 aliphatic heterocycles. The molecule has 2 heteroatoms.